The van der Waals surface area contributed by atoms with E-state index in [4.69, 9.17) is 0 Å². The number of carbonyl (C=O) groups excluding carboxylic acids is 1. The van der Waals surface area contributed by atoms with Crippen LogP contribution in [0.3, 0.4) is 0 Å². The first kappa shape index (κ1) is 16.8. The smallest absolute Gasteiger partial charge is 0.241 e. The summed E-state index contributed by atoms with van der Waals surface area (Å²) in [7, 11) is 2.20. The zero-order valence-electron chi connectivity index (χ0n) is 14.3. The second kappa shape index (κ2) is 7.59. The summed E-state index contributed by atoms with van der Waals surface area (Å²) in [5.41, 5.74) is 0. The monoisotopic (exact) mass is 295 g/mol. The van der Waals surface area contributed by atoms with Crippen molar-refractivity contribution in [2.45, 2.75) is 65.1 Å². The SMILES string of the molecule is CCC1NC(CC(C)C)N(CCC2CCN(C)CC2)C1=O. The Balaban J connectivity index is 1.87. The van der Waals surface area contributed by atoms with Gasteiger partial charge in [0, 0.05) is 6.54 Å². The van der Waals surface area contributed by atoms with Crippen molar-refractivity contribution in [3.63, 3.8) is 0 Å². The number of hydrogen-bond acceptors (Lipinski definition) is 3. The Morgan fingerprint density at radius 1 is 1.29 bits per heavy atom. The molecule has 1 N–H and O–H groups in total. The van der Waals surface area contributed by atoms with Crippen LogP contribution in [-0.2, 0) is 4.79 Å². The lowest BCUT2D eigenvalue weighted by Gasteiger charge is -2.31. The summed E-state index contributed by atoms with van der Waals surface area (Å²) in [4.78, 5) is 17.1. The maximum atomic E-state index is 12.5. The van der Waals surface area contributed by atoms with E-state index in [1.165, 1.54) is 32.4 Å². The number of amides is 1. The second-order valence-corrected chi connectivity index (χ2v) is 7.34. The molecule has 2 atom stereocenters. The van der Waals surface area contributed by atoms with Crippen LogP contribution in [0, 0.1) is 11.8 Å². The van der Waals surface area contributed by atoms with Gasteiger partial charge in [-0.15, -0.1) is 0 Å². The number of hydrogen-bond donors (Lipinski definition) is 1. The molecule has 2 unspecified atom stereocenters. The summed E-state index contributed by atoms with van der Waals surface area (Å²) in [5, 5.41) is 3.53. The Bertz CT molecular complexity index is 337. The molecule has 21 heavy (non-hydrogen) atoms. The molecule has 2 heterocycles. The minimum atomic E-state index is 0.0474. The highest BCUT2D eigenvalue weighted by molar-refractivity contribution is 5.84. The Morgan fingerprint density at radius 3 is 2.52 bits per heavy atom. The normalized spacial score (nSPS) is 28.8. The largest absolute Gasteiger partial charge is 0.326 e. The molecule has 2 rings (SSSR count). The number of rotatable bonds is 6. The van der Waals surface area contributed by atoms with Crippen LogP contribution in [0.1, 0.15) is 52.9 Å². The molecule has 0 aromatic carbocycles. The van der Waals surface area contributed by atoms with Gasteiger partial charge in [0.25, 0.3) is 0 Å². The molecule has 0 aliphatic carbocycles. The number of nitrogens with zero attached hydrogens (tertiary/aromatic N) is 2. The van der Waals surface area contributed by atoms with E-state index in [0.29, 0.717) is 11.8 Å². The fraction of sp³-hybridized carbons (Fsp3) is 0.941. The molecular formula is C17H33N3O. The van der Waals surface area contributed by atoms with Crippen LogP contribution >= 0.6 is 0 Å². The van der Waals surface area contributed by atoms with Gasteiger partial charge in [0.05, 0.1) is 12.2 Å². The standard InChI is InChI=1S/C17H33N3O/c1-5-15-17(21)20(16(18-15)12-13(2)3)11-8-14-6-9-19(4)10-7-14/h13-16,18H,5-12H2,1-4H3. The Hall–Kier alpha value is -0.610. The lowest BCUT2D eigenvalue weighted by Crippen LogP contribution is -2.40. The zero-order valence-corrected chi connectivity index (χ0v) is 14.3. The Kier molecular flexibility index (Phi) is 6.06. The van der Waals surface area contributed by atoms with Gasteiger partial charge in [-0.05, 0) is 64.1 Å². The van der Waals surface area contributed by atoms with E-state index in [9.17, 15) is 4.79 Å². The van der Waals surface area contributed by atoms with Gasteiger partial charge in [-0.3, -0.25) is 10.1 Å². The van der Waals surface area contributed by atoms with Gasteiger partial charge in [-0.2, -0.15) is 0 Å². The minimum absolute atomic E-state index is 0.0474. The highest BCUT2D eigenvalue weighted by atomic mass is 16.2. The van der Waals surface area contributed by atoms with Gasteiger partial charge in [-0.1, -0.05) is 20.8 Å². The third-order valence-corrected chi connectivity index (χ3v) is 5.07. The third-order valence-electron chi connectivity index (χ3n) is 5.07. The van der Waals surface area contributed by atoms with Gasteiger partial charge in [-0.25, -0.2) is 0 Å². The van der Waals surface area contributed by atoms with E-state index < -0.39 is 0 Å². The van der Waals surface area contributed by atoms with Crippen molar-refractivity contribution in [2.75, 3.05) is 26.7 Å². The van der Waals surface area contributed by atoms with Crippen molar-refractivity contribution in [2.24, 2.45) is 11.8 Å². The second-order valence-electron chi connectivity index (χ2n) is 7.34. The summed E-state index contributed by atoms with van der Waals surface area (Å²) in [6, 6.07) is 0.0474. The van der Waals surface area contributed by atoms with Crippen molar-refractivity contribution in [1.29, 1.82) is 0 Å². The molecule has 0 aromatic rings. The number of piperidine rings is 1. The average molecular weight is 295 g/mol. The van der Waals surface area contributed by atoms with E-state index in [0.717, 1.165) is 25.3 Å². The van der Waals surface area contributed by atoms with E-state index >= 15 is 0 Å². The lowest BCUT2D eigenvalue weighted by atomic mass is 9.93. The van der Waals surface area contributed by atoms with E-state index in [2.05, 4.69) is 42.9 Å². The Morgan fingerprint density at radius 2 is 1.95 bits per heavy atom. The minimum Gasteiger partial charge on any atom is -0.326 e. The van der Waals surface area contributed by atoms with Crippen LogP contribution in [0.4, 0.5) is 0 Å². The Labute approximate surface area is 130 Å². The van der Waals surface area contributed by atoms with Crippen LogP contribution in [0.25, 0.3) is 0 Å². The zero-order chi connectivity index (χ0) is 15.4. The molecule has 4 nitrogen and oxygen atoms in total. The van der Waals surface area contributed by atoms with Gasteiger partial charge < -0.3 is 9.80 Å². The molecule has 2 fully saturated rings. The third kappa shape index (κ3) is 4.43. The maximum Gasteiger partial charge on any atom is 0.241 e. The first-order chi connectivity index (χ1) is 10.0. The predicted molar refractivity (Wildman–Crippen MR) is 87.0 cm³/mol. The van der Waals surface area contributed by atoms with Crippen molar-refractivity contribution in [1.82, 2.24) is 15.1 Å². The highest BCUT2D eigenvalue weighted by Gasteiger charge is 2.37. The van der Waals surface area contributed by atoms with Crippen molar-refractivity contribution in [3.05, 3.63) is 0 Å². The first-order valence-corrected chi connectivity index (χ1v) is 8.76. The molecule has 0 saturated carbocycles. The van der Waals surface area contributed by atoms with E-state index in [1.54, 1.807) is 0 Å². The number of likely N-dealkylation sites (tertiary alicyclic amines) is 1. The molecule has 122 valence electrons. The highest BCUT2D eigenvalue weighted by Crippen LogP contribution is 2.24. The number of nitrogens with one attached hydrogen (secondary N) is 1. The van der Waals surface area contributed by atoms with E-state index in [-0.39, 0.29) is 12.2 Å². The van der Waals surface area contributed by atoms with E-state index in [1.807, 2.05) is 0 Å². The molecule has 0 bridgehead atoms. The van der Waals surface area contributed by atoms with Crippen LogP contribution in [-0.4, -0.2) is 54.6 Å². The van der Waals surface area contributed by atoms with Gasteiger partial charge in [0.2, 0.25) is 5.91 Å². The van der Waals surface area contributed by atoms with Crippen LogP contribution in [0.2, 0.25) is 0 Å². The van der Waals surface area contributed by atoms with Crippen LogP contribution < -0.4 is 5.32 Å². The van der Waals surface area contributed by atoms with Gasteiger partial charge in [0.1, 0.15) is 0 Å². The van der Waals surface area contributed by atoms with Gasteiger partial charge in [0.15, 0.2) is 0 Å². The summed E-state index contributed by atoms with van der Waals surface area (Å²) in [6.45, 7) is 9.94. The van der Waals surface area contributed by atoms with Crippen LogP contribution in [0.15, 0.2) is 0 Å². The topological polar surface area (TPSA) is 35.6 Å². The lowest BCUT2D eigenvalue weighted by molar-refractivity contribution is -0.130. The quantitative estimate of drug-likeness (QED) is 0.817. The fourth-order valence-electron chi connectivity index (χ4n) is 3.62. The molecule has 2 aliphatic rings. The maximum absolute atomic E-state index is 12.5. The molecule has 2 aliphatic heterocycles. The molecule has 2 saturated heterocycles. The fourth-order valence-corrected chi connectivity index (χ4v) is 3.62. The predicted octanol–water partition coefficient (Wildman–Crippen LogP) is 2.30. The average Bonchev–Trinajstić information content (AvgIpc) is 2.73. The molecular weight excluding hydrogens is 262 g/mol. The summed E-state index contributed by atoms with van der Waals surface area (Å²) in [6.07, 6.45) is 5.98. The van der Waals surface area contributed by atoms with Crippen molar-refractivity contribution < 1.29 is 4.79 Å². The van der Waals surface area contributed by atoms with Crippen LogP contribution in [0.5, 0.6) is 0 Å². The molecule has 0 spiro atoms. The summed E-state index contributed by atoms with van der Waals surface area (Å²) in [5.74, 6) is 1.75. The molecule has 0 aromatic heterocycles. The molecule has 1 amide bonds. The number of carbonyl (C=O) groups is 1. The van der Waals surface area contributed by atoms with Crippen molar-refractivity contribution >= 4 is 5.91 Å². The summed E-state index contributed by atoms with van der Waals surface area (Å²) < 4.78 is 0. The first-order valence-electron chi connectivity index (χ1n) is 8.76. The molecule has 0 radical (unpaired) electrons. The summed E-state index contributed by atoms with van der Waals surface area (Å²) >= 11 is 0. The van der Waals surface area contributed by atoms with Crippen molar-refractivity contribution in [3.8, 4) is 0 Å². The molecule has 4 heteroatoms. The van der Waals surface area contributed by atoms with Gasteiger partial charge >= 0.3 is 0 Å².